The minimum Gasteiger partial charge on any atom is -0.367 e. The van der Waals surface area contributed by atoms with Crippen LogP contribution < -0.4 is 10.6 Å². The minimum atomic E-state index is 0.463. The summed E-state index contributed by atoms with van der Waals surface area (Å²) in [5.41, 5.74) is 1.57. The molecule has 17 heavy (non-hydrogen) atoms. The van der Waals surface area contributed by atoms with E-state index < -0.39 is 0 Å². The Bertz CT molecular complexity index is 400. The van der Waals surface area contributed by atoms with E-state index in [1.807, 2.05) is 20.2 Å². The Labute approximate surface area is 103 Å². The average molecular weight is 234 g/mol. The first-order valence-electron chi connectivity index (χ1n) is 6.28. The van der Waals surface area contributed by atoms with E-state index >= 15 is 0 Å². The third-order valence-corrected chi connectivity index (χ3v) is 3.50. The van der Waals surface area contributed by atoms with Crippen LogP contribution in [0, 0.1) is 12.3 Å². The van der Waals surface area contributed by atoms with Crippen molar-refractivity contribution in [2.24, 2.45) is 5.41 Å². The van der Waals surface area contributed by atoms with Gasteiger partial charge < -0.3 is 10.6 Å². The fourth-order valence-electron chi connectivity index (χ4n) is 2.46. The summed E-state index contributed by atoms with van der Waals surface area (Å²) in [6.45, 7) is 6.71. The second kappa shape index (κ2) is 4.51. The molecule has 1 aliphatic rings. The number of hydrogen-bond donors (Lipinski definition) is 2. The smallest absolute Gasteiger partial charge is 0.224 e. The molecule has 0 aromatic carbocycles. The van der Waals surface area contributed by atoms with Gasteiger partial charge in [-0.2, -0.15) is 4.98 Å². The van der Waals surface area contributed by atoms with Crippen LogP contribution in [0.1, 0.15) is 38.7 Å². The van der Waals surface area contributed by atoms with Gasteiger partial charge in [-0.1, -0.05) is 13.8 Å². The van der Waals surface area contributed by atoms with E-state index in [1.54, 1.807) is 0 Å². The van der Waals surface area contributed by atoms with Crippen LogP contribution >= 0.6 is 0 Å². The lowest BCUT2D eigenvalue weighted by Gasteiger charge is -2.19. The van der Waals surface area contributed by atoms with Crippen molar-refractivity contribution in [1.29, 1.82) is 0 Å². The molecule has 0 radical (unpaired) electrons. The van der Waals surface area contributed by atoms with Crippen LogP contribution in [0.4, 0.5) is 11.8 Å². The highest BCUT2D eigenvalue weighted by Gasteiger charge is 2.31. The number of anilines is 2. The SMILES string of the molecule is CNc1ncc(C)c(NC2CCC(C)(C)C2)n1. The minimum absolute atomic E-state index is 0.463. The van der Waals surface area contributed by atoms with Gasteiger partial charge in [0.1, 0.15) is 5.82 Å². The van der Waals surface area contributed by atoms with Gasteiger partial charge in [0.25, 0.3) is 0 Å². The van der Waals surface area contributed by atoms with Gasteiger partial charge in [-0.3, -0.25) is 0 Å². The summed E-state index contributed by atoms with van der Waals surface area (Å²) in [4.78, 5) is 8.67. The molecule has 0 amide bonds. The van der Waals surface area contributed by atoms with Crippen LogP contribution in [0.3, 0.4) is 0 Å². The second-order valence-corrected chi connectivity index (χ2v) is 5.72. The highest BCUT2D eigenvalue weighted by molar-refractivity contribution is 5.47. The van der Waals surface area contributed by atoms with Gasteiger partial charge in [0.15, 0.2) is 0 Å². The number of rotatable bonds is 3. The van der Waals surface area contributed by atoms with Crippen molar-refractivity contribution in [3.63, 3.8) is 0 Å². The maximum Gasteiger partial charge on any atom is 0.224 e. The Balaban J connectivity index is 2.08. The zero-order valence-corrected chi connectivity index (χ0v) is 11.2. The summed E-state index contributed by atoms with van der Waals surface area (Å²) < 4.78 is 0. The molecule has 0 bridgehead atoms. The molecular formula is C13H22N4. The maximum absolute atomic E-state index is 4.47. The molecule has 1 saturated carbocycles. The van der Waals surface area contributed by atoms with Gasteiger partial charge in [-0.25, -0.2) is 4.98 Å². The predicted molar refractivity (Wildman–Crippen MR) is 71.4 cm³/mol. The van der Waals surface area contributed by atoms with Crippen LogP contribution in [0.15, 0.2) is 6.20 Å². The van der Waals surface area contributed by atoms with Gasteiger partial charge >= 0.3 is 0 Å². The number of nitrogens with zero attached hydrogens (tertiary/aromatic N) is 2. The van der Waals surface area contributed by atoms with Crippen LogP contribution in [0.2, 0.25) is 0 Å². The molecule has 94 valence electrons. The first-order chi connectivity index (χ1) is 8.00. The first-order valence-corrected chi connectivity index (χ1v) is 6.28. The van der Waals surface area contributed by atoms with Crippen molar-refractivity contribution >= 4 is 11.8 Å². The second-order valence-electron chi connectivity index (χ2n) is 5.72. The van der Waals surface area contributed by atoms with Crippen molar-refractivity contribution in [3.05, 3.63) is 11.8 Å². The molecule has 4 heteroatoms. The van der Waals surface area contributed by atoms with Gasteiger partial charge in [0, 0.05) is 24.8 Å². The van der Waals surface area contributed by atoms with Crippen LogP contribution in [0.25, 0.3) is 0 Å². The molecule has 4 nitrogen and oxygen atoms in total. The molecule has 0 spiro atoms. The quantitative estimate of drug-likeness (QED) is 0.844. The summed E-state index contributed by atoms with van der Waals surface area (Å²) in [5, 5.41) is 6.52. The molecule has 1 aromatic rings. The lowest BCUT2D eigenvalue weighted by molar-refractivity contribution is 0.378. The molecule has 1 heterocycles. The third kappa shape index (κ3) is 2.87. The number of nitrogens with one attached hydrogen (secondary N) is 2. The average Bonchev–Trinajstić information content (AvgIpc) is 2.61. The van der Waals surface area contributed by atoms with Crippen molar-refractivity contribution in [1.82, 2.24) is 9.97 Å². The summed E-state index contributed by atoms with van der Waals surface area (Å²) in [6.07, 6.45) is 5.59. The zero-order chi connectivity index (χ0) is 12.5. The van der Waals surface area contributed by atoms with Crippen molar-refractivity contribution in [2.45, 2.75) is 46.1 Å². The molecule has 1 aliphatic carbocycles. The topological polar surface area (TPSA) is 49.8 Å². The van der Waals surface area contributed by atoms with Crippen molar-refractivity contribution < 1.29 is 0 Å². The lowest BCUT2D eigenvalue weighted by Crippen LogP contribution is -2.19. The summed E-state index contributed by atoms with van der Waals surface area (Å²) >= 11 is 0. The summed E-state index contributed by atoms with van der Waals surface area (Å²) in [7, 11) is 1.84. The first kappa shape index (κ1) is 12.1. The number of aryl methyl sites for hydroxylation is 1. The van der Waals surface area contributed by atoms with Crippen molar-refractivity contribution in [2.75, 3.05) is 17.7 Å². The zero-order valence-electron chi connectivity index (χ0n) is 11.2. The molecule has 1 atom stereocenters. The highest BCUT2D eigenvalue weighted by Crippen LogP contribution is 2.38. The Kier molecular flexibility index (Phi) is 3.22. The van der Waals surface area contributed by atoms with E-state index in [9.17, 15) is 0 Å². The molecule has 0 aliphatic heterocycles. The third-order valence-electron chi connectivity index (χ3n) is 3.50. The van der Waals surface area contributed by atoms with Crippen molar-refractivity contribution in [3.8, 4) is 0 Å². The number of hydrogen-bond acceptors (Lipinski definition) is 4. The van der Waals surface area contributed by atoms with E-state index in [1.165, 1.54) is 19.3 Å². The standard InChI is InChI=1S/C13H22N4/c1-9-8-15-12(14-4)17-11(9)16-10-5-6-13(2,3)7-10/h8,10H,5-7H2,1-4H3,(H2,14,15,16,17). The molecule has 1 aromatic heterocycles. The predicted octanol–water partition coefficient (Wildman–Crippen LogP) is 2.82. The molecular weight excluding hydrogens is 212 g/mol. The highest BCUT2D eigenvalue weighted by atomic mass is 15.1. The van der Waals surface area contributed by atoms with Gasteiger partial charge in [0.05, 0.1) is 0 Å². The summed E-state index contributed by atoms with van der Waals surface area (Å²) in [6, 6.07) is 0.545. The van der Waals surface area contributed by atoms with Gasteiger partial charge in [0.2, 0.25) is 5.95 Å². The molecule has 1 unspecified atom stereocenters. The Morgan fingerprint density at radius 3 is 2.76 bits per heavy atom. The van der Waals surface area contributed by atoms with E-state index in [0.717, 1.165) is 11.4 Å². The Morgan fingerprint density at radius 1 is 1.41 bits per heavy atom. The largest absolute Gasteiger partial charge is 0.367 e. The molecule has 1 fully saturated rings. The normalized spacial score (nSPS) is 22.5. The van der Waals surface area contributed by atoms with Crippen LogP contribution in [-0.4, -0.2) is 23.1 Å². The van der Waals surface area contributed by atoms with Gasteiger partial charge in [-0.05, 0) is 31.6 Å². The maximum atomic E-state index is 4.47. The fraction of sp³-hybridized carbons (Fsp3) is 0.692. The fourth-order valence-corrected chi connectivity index (χ4v) is 2.46. The molecule has 2 rings (SSSR count). The molecule has 0 saturated heterocycles. The lowest BCUT2D eigenvalue weighted by atomic mass is 9.92. The van der Waals surface area contributed by atoms with Crippen LogP contribution in [0.5, 0.6) is 0 Å². The molecule has 2 N–H and O–H groups in total. The van der Waals surface area contributed by atoms with E-state index in [4.69, 9.17) is 0 Å². The Hall–Kier alpha value is -1.32. The summed E-state index contributed by atoms with van der Waals surface area (Å²) in [5.74, 6) is 1.64. The van der Waals surface area contributed by atoms with E-state index in [0.29, 0.717) is 17.4 Å². The van der Waals surface area contributed by atoms with Crippen LogP contribution in [-0.2, 0) is 0 Å². The Morgan fingerprint density at radius 2 is 2.18 bits per heavy atom. The number of aromatic nitrogens is 2. The van der Waals surface area contributed by atoms with E-state index in [2.05, 4.69) is 34.4 Å². The van der Waals surface area contributed by atoms with Gasteiger partial charge in [-0.15, -0.1) is 0 Å². The monoisotopic (exact) mass is 234 g/mol. The van der Waals surface area contributed by atoms with E-state index in [-0.39, 0.29) is 0 Å².